The molecule has 3 rings (SSSR count). The van der Waals surface area contributed by atoms with Crippen molar-refractivity contribution in [3.05, 3.63) is 88.7 Å². The van der Waals surface area contributed by atoms with Crippen molar-refractivity contribution >= 4 is 17.5 Å². The highest BCUT2D eigenvalue weighted by atomic mass is 35.5. The number of carbonyl (C=O) groups is 1. The Hall–Kier alpha value is -3.24. The molecule has 2 atom stereocenters. The molecule has 11 heteroatoms. The molecule has 180 valence electrons. The lowest BCUT2D eigenvalue weighted by Gasteiger charge is -2.26. The molecule has 3 aromatic rings. The molecule has 0 saturated heterocycles. The topological polar surface area (TPSA) is 76.1 Å². The molecule has 1 amide bonds. The predicted molar refractivity (Wildman–Crippen MR) is 118 cm³/mol. The van der Waals surface area contributed by atoms with Gasteiger partial charge in [0.2, 0.25) is 5.91 Å². The number of likely N-dealkylation sites (N-methyl/N-ethyl adjacent to an activating group) is 1. The van der Waals surface area contributed by atoms with Gasteiger partial charge in [-0.2, -0.15) is 0 Å². The minimum Gasteiger partial charge on any atom is -0.403 e. The third-order valence-electron chi connectivity index (χ3n) is 4.96. The van der Waals surface area contributed by atoms with Gasteiger partial charge in [-0.05, 0) is 36.1 Å². The molecule has 34 heavy (non-hydrogen) atoms. The monoisotopic (exact) mass is 496 g/mol. The van der Waals surface area contributed by atoms with E-state index in [2.05, 4.69) is 25.3 Å². The Kier molecular flexibility index (Phi) is 8.41. The van der Waals surface area contributed by atoms with Gasteiger partial charge in [0.05, 0.1) is 18.1 Å². The van der Waals surface area contributed by atoms with Crippen LogP contribution in [0.15, 0.2) is 60.9 Å². The summed E-state index contributed by atoms with van der Waals surface area (Å²) in [5.74, 6) is -2.47. The summed E-state index contributed by atoms with van der Waals surface area (Å²) in [4.78, 5) is 20.8. The van der Waals surface area contributed by atoms with E-state index in [0.717, 1.165) is 12.1 Å². The van der Waals surface area contributed by atoms with Crippen molar-refractivity contribution in [3.8, 4) is 5.75 Å². The number of hydrogen-bond acceptors (Lipinski definition) is 5. The zero-order valence-corrected chi connectivity index (χ0v) is 18.7. The van der Waals surface area contributed by atoms with Gasteiger partial charge < -0.3 is 10.1 Å². The average molecular weight is 497 g/mol. The largest absolute Gasteiger partial charge is 0.573 e. The molecule has 0 spiro atoms. The first kappa shape index (κ1) is 25.4. The predicted octanol–water partition coefficient (Wildman–Crippen LogP) is 4.92. The highest BCUT2D eigenvalue weighted by Gasteiger charge is 2.33. The van der Waals surface area contributed by atoms with Gasteiger partial charge in [-0.15, -0.1) is 13.2 Å². The van der Waals surface area contributed by atoms with Crippen molar-refractivity contribution in [1.29, 1.82) is 0 Å². The number of rotatable bonds is 9. The highest BCUT2D eigenvalue weighted by molar-refractivity contribution is 6.29. The van der Waals surface area contributed by atoms with E-state index in [9.17, 15) is 22.4 Å². The summed E-state index contributed by atoms with van der Waals surface area (Å²) in [7, 11) is 1.48. The summed E-state index contributed by atoms with van der Waals surface area (Å²) in [6.07, 6.45) is -1.55. The van der Waals surface area contributed by atoms with E-state index in [4.69, 9.17) is 11.6 Å². The molecule has 0 fully saturated rings. The Morgan fingerprint density at radius 2 is 1.82 bits per heavy atom. The number of amides is 1. The molecule has 0 aliphatic heterocycles. The number of carbonyl (C=O) groups excluding carboxylic acids is 1. The number of hydrogen-bond donors (Lipinski definition) is 2. The third-order valence-corrected chi connectivity index (χ3v) is 5.15. The normalized spacial score (nSPS) is 13.2. The fraction of sp³-hybridized carbons (Fsp3) is 0.261. The van der Waals surface area contributed by atoms with Gasteiger partial charge in [0.25, 0.3) is 0 Å². The Balaban J connectivity index is 1.95. The number of nitrogens with one attached hydrogen (secondary N) is 2. The van der Waals surface area contributed by atoms with Crippen LogP contribution in [0.3, 0.4) is 0 Å². The fourth-order valence-corrected chi connectivity index (χ4v) is 3.46. The maximum Gasteiger partial charge on any atom is 0.573 e. The molecule has 0 saturated carbocycles. The third kappa shape index (κ3) is 7.13. The van der Waals surface area contributed by atoms with Crippen LogP contribution in [0.5, 0.6) is 5.75 Å². The maximum atomic E-state index is 14.0. The van der Waals surface area contributed by atoms with Crippen LogP contribution < -0.4 is 15.4 Å². The molecule has 0 aliphatic rings. The quantitative estimate of drug-likeness (QED) is 0.411. The van der Waals surface area contributed by atoms with Crippen molar-refractivity contribution in [2.24, 2.45) is 0 Å². The first-order chi connectivity index (χ1) is 16.2. The maximum absolute atomic E-state index is 14.0. The zero-order valence-electron chi connectivity index (χ0n) is 17.9. The molecule has 0 aliphatic carbocycles. The molecule has 0 bridgehead atoms. The van der Waals surface area contributed by atoms with E-state index in [1.807, 2.05) is 0 Å². The van der Waals surface area contributed by atoms with E-state index < -0.39 is 30.0 Å². The van der Waals surface area contributed by atoms with Gasteiger partial charge in [0.1, 0.15) is 11.2 Å². The van der Waals surface area contributed by atoms with Crippen LogP contribution in [0.4, 0.5) is 17.6 Å². The van der Waals surface area contributed by atoms with Gasteiger partial charge in [-0.1, -0.05) is 48.0 Å². The Labute approximate surface area is 198 Å². The zero-order chi connectivity index (χ0) is 24.7. The van der Waals surface area contributed by atoms with Crippen LogP contribution in [0.2, 0.25) is 5.15 Å². The average Bonchev–Trinajstić information content (AvgIpc) is 2.81. The second-order valence-electron chi connectivity index (χ2n) is 7.28. The second kappa shape index (κ2) is 11.3. The van der Waals surface area contributed by atoms with Crippen molar-refractivity contribution in [2.45, 2.75) is 31.3 Å². The van der Waals surface area contributed by atoms with Crippen molar-refractivity contribution < 1.29 is 27.1 Å². The highest BCUT2D eigenvalue weighted by Crippen LogP contribution is 2.31. The number of alkyl halides is 3. The molecular formula is C23H21ClF4N4O2. The summed E-state index contributed by atoms with van der Waals surface area (Å²) in [6.45, 7) is 0. The van der Waals surface area contributed by atoms with E-state index in [1.165, 1.54) is 25.5 Å². The molecule has 2 aromatic carbocycles. The summed E-state index contributed by atoms with van der Waals surface area (Å²) in [5, 5.41) is 5.98. The van der Waals surface area contributed by atoms with Crippen molar-refractivity contribution in [2.75, 3.05) is 7.05 Å². The van der Waals surface area contributed by atoms with Crippen LogP contribution in [-0.2, 0) is 11.2 Å². The number of benzene rings is 2. The number of aryl methyl sites for hydroxylation is 1. The molecule has 0 radical (unpaired) electrons. The number of halogens is 5. The van der Waals surface area contributed by atoms with Crippen LogP contribution in [0.1, 0.15) is 35.3 Å². The van der Waals surface area contributed by atoms with Crippen LogP contribution in [0, 0.1) is 5.82 Å². The Bertz CT molecular complexity index is 1100. The number of aromatic nitrogens is 2. The van der Waals surface area contributed by atoms with Gasteiger partial charge in [-0.3, -0.25) is 15.1 Å². The van der Waals surface area contributed by atoms with E-state index >= 15 is 0 Å². The summed E-state index contributed by atoms with van der Waals surface area (Å²) >= 11 is 5.77. The lowest BCUT2D eigenvalue weighted by Crippen LogP contribution is -2.38. The minimum atomic E-state index is -5.06. The molecule has 1 heterocycles. The lowest BCUT2D eigenvalue weighted by molar-refractivity contribution is -0.275. The summed E-state index contributed by atoms with van der Waals surface area (Å²) in [6, 6.07) is 10.5. The molecule has 2 N–H and O–H groups in total. The first-order valence-corrected chi connectivity index (χ1v) is 10.6. The van der Waals surface area contributed by atoms with E-state index in [1.54, 1.807) is 30.3 Å². The van der Waals surface area contributed by atoms with Crippen molar-refractivity contribution in [1.82, 2.24) is 20.6 Å². The van der Waals surface area contributed by atoms with E-state index in [0.29, 0.717) is 29.7 Å². The standard InChI is InChI=1S/C23H21ClF4N4O2/c1-29-22(33)21(14-5-3-2-4-6-14)32-18(10-8-16-12-31-20(24)13-30-16)15-7-9-17(25)19(11-15)34-23(26,27)28/h2-7,9,11-13,18,21,32H,8,10H2,1H3,(H,29,33). The van der Waals surface area contributed by atoms with Gasteiger partial charge in [-0.25, -0.2) is 9.37 Å². The number of ether oxygens (including phenoxy) is 1. The second-order valence-corrected chi connectivity index (χ2v) is 7.67. The Morgan fingerprint density at radius 1 is 1.09 bits per heavy atom. The Morgan fingerprint density at radius 3 is 2.44 bits per heavy atom. The smallest absolute Gasteiger partial charge is 0.403 e. The van der Waals surface area contributed by atoms with Gasteiger partial charge in [0.15, 0.2) is 11.6 Å². The van der Waals surface area contributed by atoms with Crippen molar-refractivity contribution in [3.63, 3.8) is 0 Å². The molecule has 1 aromatic heterocycles. The minimum absolute atomic E-state index is 0.217. The SMILES string of the molecule is CNC(=O)C(NC(CCc1cnc(Cl)cn1)c1ccc(F)c(OC(F)(F)F)c1)c1ccccc1. The van der Waals surface area contributed by atoms with E-state index in [-0.39, 0.29) is 11.1 Å². The molecular weight excluding hydrogens is 476 g/mol. The number of nitrogens with zero attached hydrogens (tertiary/aromatic N) is 2. The van der Waals surface area contributed by atoms with Crippen LogP contribution >= 0.6 is 11.6 Å². The van der Waals surface area contributed by atoms with Crippen LogP contribution in [-0.4, -0.2) is 29.3 Å². The lowest BCUT2D eigenvalue weighted by atomic mass is 9.97. The van der Waals surface area contributed by atoms with Crippen LogP contribution in [0.25, 0.3) is 0 Å². The van der Waals surface area contributed by atoms with Gasteiger partial charge in [0, 0.05) is 13.1 Å². The molecule has 6 nitrogen and oxygen atoms in total. The summed E-state index contributed by atoms with van der Waals surface area (Å²) < 4.78 is 56.1. The summed E-state index contributed by atoms with van der Waals surface area (Å²) in [5.41, 5.74) is 1.53. The first-order valence-electron chi connectivity index (χ1n) is 10.2. The van der Waals surface area contributed by atoms with Gasteiger partial charge >= 0.3 is 6.36 Å². The fourth-order valence-electron chi connectivity index (χ4n) is 3.36. The molecule has 2 unspecified atom stereocenters.